The van der Waals surface area contributed by atoms with Gasteiger partial charge in [0.05, 0.1) is 23.8 Å². The van der Waals surface area contributed by atoms with E-state index >= 15 is 0 Å². The van der Waals surface area contributed by atoms with E-state index in [9.17, 15) is 5.11 Å². The molecular weight excluding hydrogens is 264 g/mol. The Morgan fingerprint density at radius 3 is 2.53 bits per heavy atom. The number of benzene rings is 1. The van der Waals surface area contributed by atoms with Gasteiger partial charge in [-0.25, -0.2) is 0 Å². The highest BCUT2D eigenvalue weighted by molar-refractivity contribution is 6.32. The lowest BCUT2D eigenvalue weighted by Crippen LogP contribution is -2.17. The van der Waals surface area contributed by atoms with Crippen LogP contribution < -0.4 is 9.47 Å². The van der Waals surface area contributed by atoms with Crippen LogP contribution in [0.3, 0.4) is 0 Å². The van der Waals surface area contributed by atoms with Crippen LogP contribution in [0.25, 0.3) is 0 Å². The molecule has 0 amide bonds. The maximum Gasteiger partial charge on any atom is 0.179 e. The van der Waals surface area contributed by atoms with E-state index in [1.165, 1.54) is 12.8 Å². The van der Waals surface area contributed by atoms with Gasteiger partial charge in [0, 0.05) is 11.8 Å². The van der Waals surface area contributed by atoms with Crippen molar-refractivity contribution in [3.8, 4) is 11.5 Å². The van der Waals surface area contributed by atoms with E-state index in [4.69, 9.17) is 21.1 Å². The Hall–Kier alpha value is -0.930. The van der Waals surface area contributed by atoms with Crippen molar-refractivity contribution < 1.29 is 14.6 Å². The number of fused-ring (bicyclic) bond motifs is 1. The Morgan fingerprint density at radius 2 is 1.84 bits per heavy atom. The van der Waals surface area contributed by atoms with Gasteiger partial charge in [-0.3, -0.25) is 0 Å². The number of rotatable bonds is 2. The van der Waals surface area contributed by atoms with Crippen molar-refractivity contribution in [2.75, 3.05) is 13.2 Å². The number of hydrogen-bond acceptors (Lipinski definition) is 3. The summed E-state index contributed by atoms with van der Waals surface area (Å²) < 4.78 is 11.7. The van der Waals surface area contributed by atoms with Crippen LogP contribution in [0.1, 0.15) is 31.2 Å². The first-order valence-corrected chi connectivity index (χ1v) is 7.26. The van der Waals surface area contributed by atoms with E-state index in [-0.39, 0.29) is 5.41 Å². The van der Waals surface area contributed by atoms with Gasteiger partial charge < -0.3 is 14.6 Å². The molecule has 1 aliphatic heterocycles. The summed E-state index contributed by atoms with van der Waals surface area (Å²) in [5, 5.41) is 10.6. The summed E-state index contributed by atoms with van der Waals surface area (Å²) >= 11 is 6.30. The average Bonchev–Trinajstić information content (AvgIpc) is 3.25. The minimum absolute atomic E-state index is 0.219. The molecule has 1 heterocycles. The van der Waals surface area contributed by atoms with Crippen LogP contribution in [-0.2, 0) is 6.42 Å². The number of halogens is 1. The summed E-state index contributed by atoms with van der Waals surface area (Å²) in [6.07, 6.45) is 4.75. The molecule has 1 spiro atoms. The first-order valence-electron chi connectivity index (χ1n) is 6.88. The van der Waals surface area contributed by atoms with Crippen LogP contribution in [0, 0.1) is 5.41 Å². The third-order valence-electron chi connectivity index (χ3n) is 4.44. The van der Waals surface area contributed by atoms with Crippen molar-refractivity contribution in [2.24, 2.45) is 5.41 Å². The molecule has 1 aromatic rings. The SMILES string of the molecule is OC1(Cc2cc(Cl)c3c(c2)OCC2(CC2)CO3)CC1. The molecule has 0 aromatic heterocycles. The molecule has 3 aliphatic rings. The molecule has 0 saturated heterocycles. The van der Waals surface area contributed by atoms with Gasteiger partial charge in [-0.1, -0.05) is 11.6 Å². The van der Waals surface area contributed by atoms with Crippen LogP contribution in [0.4, 0.5) is 0 Å². The number of ether oxygens (including phenoxy) is 2. The minimum Gasteiger partial charge on any atom is -0.489 e. The van der Waals surface area contributed by atoms with Crippen LogP contribution in [0.2, 0.25) is 5.02 Å². The average molecular weight is 281 g/mol. The molecule has 0 bridgehead atoms. The largest absolute Gasteiger partial charge is 0.489 e. The lowest BCUT2D eigenvalue weighted by atomic mass is 10.1. The topological polar surface area (TPSA) is 38.7 Å². The molecule has 1 aromatic carbocycles. The van der Waals surface area contributed by atoms with E-state index in [2.05, 4.69) is 0 Å². The monoisotopic (exact) mass is 280 g/mol. The summed E-state index contributed by atoms with van der Waals surface area (Å²) in [4.78, 5) is 0. The van der Waals surface area contributed by atoms with Crippen molar-refractivity contribution in [3.63, 3.8) is 0 Å². The Kier molecular flexibility index (Phi) is 2.37. The molecule has 4 rings (SSSR count). The Labute approximate surface area is 117 Å². The fourth-order valence-corrected chi connectivity index (χ4v) is 2.92. The molecule has 2 saturated carbocycles. The first kappa shape index (κ1) is 11.9. The molecule has 0 atom stereocenters. The smallest absolute Gasteiger partial charge is 0.179 e. The zero-order valence-corrected chi connectivity index (χ0v) is 11.5. The normalized spacial score (nSPS) is 24.9. The predicted octanol–water partition coefficient (Wildman–Crippen LogP) is 2.96. The van der Waals surface area contributed by atoms with Crippen LogP contribution in [-0.4, -0.2) is 23.9 Å². The standard InChI is InChI=1S/C15H17ClO3/c16-11-5-10(7-15(17)3-4-15)6-12-13(11)19-9-14(1-2-14)8-18-12/h5-6,17H,1-4,7-9H2. The van der Waals surface area contributed by atoms with Crippen LogP contribution in [0.15, 0.2) is 12.1 Å². The van der Waals surface area contributed by atoms with Crippen LogP contribution in [0.5, 0.6) is 11.5 Å². The fraction of sp³-hybridized carbons (Fsp3) is 0.600. The molecule has 1 N–H and O–H groups in total. The molecule has 0 radical (unpaired) electrons. The number of aliphatic hydroxyl groups is 1. The summed E-state index contributed by atoms with van der Waals surface area (Å²) in [5.41, 5.74) is 0.733. The second kappa shape index (κ2) is 3.80. The van der Waals surface area contributed by atoms with Crippen molar-refractivity contribution >= 4 is 11.6 Å². The fourth-order valence-electron chi connectivity index (χ4n) is 2.64. The van der Waals surface area contributed by atoms with Gasteiger partial charge in [0.2, 0.25) is 0 Å². The van der Waals surface area contributed by atoms with Crippen molar-refractivity contribution in [1.29, 1.82) is 0 Å². The zero-order chi connectivity index (χ0) is 13.1. The highest BCUT2D eigenvalue weighted by atomic mass is 35.5. The molecule has 4 heteroatoms. The Morgan fingerprint density at radius 1 is 1.11 bits per heavy atom. The van der Waals surface area contributed by atoms with Crippen molar-refractivity contribution in [1.82, 2.24) is 0 Å². The minimum atomic E-state index is -0.513. The van der Waals surface area contributed by atoms with E-state index in [0.717, 1.165) is 24.2 Å². The molecule has 2 fully saturated rings. The summed E-state index contributed by atoms with van der Waals surface area (Å²) in [5.74, 6) is 1.40. The molecule has 102 valence electrons. The van der Waals surface area contributed by atoms with Crippen LogP contribution >= 0.6 is 11.6 Å². The lowest BCUT2D eigenvalue weighted by molar-refractivity contribution is 0.151. The molecule has 2 aliphatic carbocycles. The van der Waals surface area contributed by atoms with Gasteiger partial charge in [0.15, 0.2) is 11.5 Å². The predicted molar refractivity (Wildman–Crippen MR) is 72.0 cm³/mol. The maximum absolute atomic E-state index is 10.0. The lowest BCUT2D eigenvalue weighted by Gasteiger charge is -2.13. The molecule has 0 unspecified atom stereocenters. The maximum atomic E-state index is 10.0. The summed E-state index contributed by atoms with van der Waals surface area (Å²) in [7, 11) is 0. The van der Waals surface area contributed by atoms with Crippen molar-refractivity contribution in [3.05, 3.63) is 22.7 Å². The summed E-state index contributed by atoms with van der Waals surface area (Å²) in [6, 6.07) is 3.86. The van der Waals surface area contributed by atoms with Gasteiger partial charge in [-0.2, -0.15) is 0 Å². The third kappa shape index (κ3) is 2.19. The van der Waals surface area contributed by atoms with Crippen molar-refractivity contribution in [2.45, 2.75) is 37.7 Å². The highest BCUT2D eigenvalue weighted by Gasteiger charge is 2.46. The van der Waals surface area contributed by atoms with Gasteiger partial charge in [0.1, 0.15) is 0 Å². The van der Waals surface area contributed by atoms with Gasteiger partial charge in [-0.05, 0) is 43.4 Å². The second-order valence-electron chi connectivity index (χ2n) is 6.38. The molecule has 19 heavy (non-hydrogen) atoms. The van der Waals surface area contributed by atoms with E-state index in [1.807, 2.05) is 12.1 Å². The Balaban J connectivity index is 1.63. The van der Waals surface area contributed by atoms with Gasteiger partial charge >= 0.3 is 0 Å². The Bertz CT molecular complexity index is 532. The highest BCUT2D eigenvalue weighted by Crippen LogP contribution is 2.51. The molecular formula is C15H17ClO3. The van der Waals surface area contributed by atoms with E-state index in [1.54, 1.807) is 0 Å². The first-order chi connectivity index (χ1) is 9.08. The summed E-state index contributed by atoms with van der Waals surface area (Å²) in [6.45, 7) is 1.41. The van der Waals surface area contributed by atoms with E-state index in [0.29, 0.717) is 30.4 Å². The van der Waals surface area contributed by atoms with E-state index < -0.39 is 5.60 Å². The quantitative estimate of drug-likeness (QED) is 0.905. The number of hydrogen-bond donors (Lipinski definition) is 1. The van der Waals surface area contributed by atoms with Gasteiger partial charge in [0.25, 0.3) is 0 Å². The van der Waals surface area contributed by atoms with Gasteiger partial charge in [-0.15, -0.1) is 0 Å². The molecule has 3 nitrogen and oxygen atoms in total. The zero-order valence-electron chi connectivity index (χ0n) is 10.7. The second-order valence-corrected chi connectivity index (χ2v) is 6.79. The third-order valence-corrected chi connectivity index (χ3v) is 4.72.